The van der Waals surface area contributed by atoms with Crippen LogP contribution in [0.4, 0.5) is 0 Å². The van der Waals surface area contributed by atoms with Gasteiger partial charge in [0.25, 0.3) is 0 Å². The van der Waals surface area contributed by atoms with E-state index in [4.69, 9.17) is 10.5 Å². The molecular formula is C10H16N2OS2. The van der Waals surface area contributed by atoms with E-state index in [0.717, 1.165) is 23.8 Å². The van der Waals surface area contributed by atoms with E-state index >= 15 is 0 Å². The average molecular weight is 244 g/mol. The van der Waals surface area contributed by atoms with Gasteiger partial charge in [0.05, 0.1) is 18.9 Å². The largest absolute Gasteiger partial charge is 0.379 e. The predicted molar refractivity (Wildman–Crippen MR) is 65.5 cm³/mol. The molecule has 1 aliphatic rings. The standard InChI is InChI=1S/C10H16N2OS2/c1-2-14-6-10-12-9(5-15-10)7-3-13-4-8(7)11/h5,7-8H,2-4,6,11H2,1H3. The summed E-state index contributed by atoms with van der Waals surface area (Å²) in [5, 5.41) is 3.33. The highest BCUT2D eigenvalue weighted by Gasteiger charge is 2.28. The van der Waals surface area contributed by atoms with Crippen LogP contribution in [0, 0.1) is 0 Å². The summed E-state index contributed by atoms with van der Waals surface area (Å²) in [6, 6.07) is 0.124. The Morgan fingerprint density at radius 3 is 3.20 bits per heavy atom. The van der Waals surface area contributed by atoms with E-state index in [2.05, 4.69) is 17.3 Å². The van der Waals surface area contributed by atoms with Crippen molar-refractivity contribution < 1.29 is 4.74 Å². The van der Waals surface area contributed by atoms with Gasteiger partial charge in [0.2, 0.25) is 0 Å². The highest BCUT2D eigenvalue weighted by Crippen LogP contribution is 2.27. The molecular weight excluding hydrogens is 228 g/mol. The van der Waals surface area contributed by atoms with Gasteiger partial charge in [-0.25, -0.2) is 4.98 Å². The zero-order valence-corrected chi connectivity index (χ0v) is 10.4. The van der Waals surface area contributed by atoms with Crippen LogP contribution in [0.2, 0.25) is 0 Å². The first-order valence-corrected chi connectivity index (χ1v) is 7.20. The lowest BCUT2D eigenvalue weighted by molar-refractivity contribution is 0.190. The highest BCUT2D eigenvalue weighted by molar-refractivity contribution is 7.98. The topological polar surface area (TPSA) is 48.1 Å². The van der Waals surface area contributed by atoms with Crippen LogP contribution in [-0.2, 0) is 10.5 Å². The molecule has 5 heteroatoms. The van der Waals surface area contributed by atoms with Crippen molar-refractivity contribution in [2.75, 3.05) is 19.0 Å². The predicted octanol–water partition coefficient (Wildman–Crippen LogP) is 1.84. The van der Waals surface area contributed by atoms with E-state index in [1.54, 1.807) is 11.3 Å². The Balaban J connectivity index is 1.99. The molecule has 0 aromatic carbocycles. The van der Waals surface area contributed by atoms with Crippen LogP contribution in [-0.4, -0.2) is 30.0 Å². The molecule has 2 atom stereocenters. The monoisotopic (exact) mass is 244 g/mol. The fourth-order valence-electron chi connectivity index (χ4n) is 1.63. The van der Waals surface area contributed by atoms with Crippen LogP contribution < -0.4 is 5.73 Å². The molecule has 84 valence electrons. The normalized spacial score (nSPS) is 26.0. The molecule has 2 heterocycles. The van der Waals surface area contributed by atoms with Gasteiger partial charge in [-0.3, -0.25) is 0 Å². The Labute approximate surface area is 98.4 Å². The van der Waals surface area contributed by atoms with Crippen molar-refractivity contribution in [3.63, 3.8) is 0 Å². The van der Waals surface area contributed by atoms with Gasteiger partial charge in [0, 0.05) is 23.1 Å². The Morgan fingerprint density at radius 1 is 1.67 bits per heavy atom. The van der Waals surface area contributed by atoms with Gasteiger partial charge in [-0.1, -0.05) is 6.92 Å². The van der Waals surface area contributed by atoms with Crippen molar-refractivity contribution in [3.8, 4) is 0 Å². The van der Waals surface area contributed by atoms with E-state index in [9.17, 15) is 0 Å². The molecule has 0 amide bonds. The third-order valence-electron chi connectivity index (χ3n) is 2.50. The molecule has 15 heavy (non-hydrogen) atoms. The quantitative estimate of drug-likeness (QED) is 0.878. The van der Waals surface area contributed by atoms with Crippen molar-refractivity contribution in [1.29, 1.82) is 0 Å². The molecule has 0 spiro atoms. The van der Waals surface area contributed by atoms with Crippen LogP contribution in [0.1, 0.15) is 23.5 Å². The summed E-state index contributed by atoms with van der Waals surface area (Å²) < 4.78 is 5.35. The minimum absolute atomic E-state index is 0.124. The number of thioether (sulfide) groups is 1. The van der Waals surface area contributed by atoms with Crippen molar-refractivity contribution in [3.05, 3.63) is 16.1 Å². The summed E-state index contributed by atoms with van der Waals surface area (Å²) in [5.74, 6) is 2.46. The minimum atomic E-state index is 0.124. The second-order valence-electron chi connectivity index (χ2n) is 3.61. The second kappa shape index (κ2) is 5.30. The summed E-state index contributed by atoms with van der Waals surface area (Å²) in [6.07, 6.45) is 0. The maximum absolute atomic E-state index is 5.95. The van der Waals surface area contributed by atoms with Gasteiger partial charge in [0.1, 0.15) is 5.01 Å². The molecule has 1 aliphatic heterocycles. The van der Waals surface area contributed by atoms with E-state index in [1.807, 2.05) is 11.8 Å². The van der Waals surface area contributed by atoms with Gasteiger partial charge in [0.15, 0.2) is 0 Å². The number of hydrogen-bond donors (Lipinski definition) is 1. The van der Waals surface area contributed by atoms with Gasteiger partial charge in [-0.05, 0) is 5.75 Å². The third kappa shape index (κ3) is 2.72. The number of thiazole rings is 1. The molecule has 1 aromatic rings. The fourth-order valence-corrected chi connectivity index (χ4v) is 3.23. The first kappa shape index (κ1) is 11.4. The third-order valence-corrected chi connectivity index (χ3v) is 4.44. The summed E-state index contributed by atoms with van der Waals surface area (Å²) in [5.41, 5.74) is 7.08. The Kier molecular flexibility index (Phi) is 4.02. The minimum Gasteiger partial charge on any atom is -0.379 e. The SMILES string of the molecule is CCSCc1nc(C2COCC2N)cs1. The fraction of sp³-hybridized carbons (Fsp3) is 0.700. The number of nitrogens with two attached hydrogens (primary N) is 1. The average Bonchev–Trinajstić information content (AvgIpc) is 2.83. The van der Waals surface area contributed by atoms with E-state index in [0.29, 0.717) is 12.5 Å². The van der Waals surface area contributed by atoms with Crippen LogP contribution in [0.25, 0.3) is 0 Å². The second-order valence-corrected chi connectivity index (χ2v) is 5.83. The first-order valence-electron chi connectivity index (χ1n) is 5.16. The maximum Gasteiger partial charge on any atom is 0.103 e. The maximum atomic E-state index is 5.95. The van der Waals surface area contributed by atoms with Crippen molar-refractivity contribution in [2.24, 2.45) is 5.73 Å². The number of hydrogen-bond acceptors (Lipinski definition) is 5. The van der Waals surface area contributed by atoms with Gasteiger partial charge in [-0.2, -0.15) is 11.8 Å². The smallest absolute Gasteiger partial charge is 0.103 e. The van der Waals surface area contributed by atoms with Gasteiger partial charge >= 0.3 is 0 Å². The zero-order chi connectivity index (χ0) is 10.7. The molecule has 2 unspecified atom stereocenters. The molecule has 3 nitrogen and oxygen atoms in total. The van der Waals surface area contributed by atoms with Gasteiger partial charge < -0.3 is 10.5 Å². The lowest BCUT2D eigenvalue weighted by atomic mass is 10.0. The van der Waals surface area contributed by atoms with Crippen LogP contribution in [0.15, 0.2) is 5.38 Å². The zero-order valence-electron chi connectivity index (χ0n) is 8.81. The molecule has 0 saturated carbocycles. The molecule has 0 bridgehead atoms. The molecule has 0 radical (unpaired) electrons. The summed E-state index contributed by atoms with van der Waals surface area (Å²) >= 11 is 3.64. The first-order chi connectivity index (χ1) is 7.31. The molecule has 1 aromatic heterocycles. The summed E-state index contributed by atoms with van der Waals surface area (Å²) in [4.78, 5) is 4.62. The van der Waals surface area contributed by atoms with E-state index in [-0.39, 0.29) is 6.04 Å². The van der Waals surface area contributed by atoms with Crippen LogP contribution in [0.5, 0.6) is 0 Å². The highest BCUT2D eigenvalue weighted by atomic mass is 32.2. The molecule has 0 aliphatic carbocycles. The number of rotatable bonds is 4. The van der Waals surface area contributed by atoms with Gasteiger partial charge in [-0.15, -0.1) is 11.3 Å². The Bertz CT molecular complexity index is 316. The summed E-state index contributed by atoms with van der Waals surface area (Å²) in [7, 11) is 0. The number of ether oxygens (including phenoxy) is 1. The van der Waals surface area contributed by atoms with E-state index < -0.39 is 0 Å². The van der Waals surface area contributed by atoms with Crippen molar-refractivity contribution >= 4 is 23.1 Å². The Hall–Kier alpha value is -0.100. The molecule has 2 rings (SSSR count). The molecule has 1 fully saturated rings. The summed E-state index contributed by atoms with van der Waals surface area (Å²) in [6.45, 7) is 3.56. The lowest BCUT2D eigenvalue weighted by Crippen LogP contribution is -2.27. The lowest BCUT2D eigenvalue weighted by Gasteiger charge is -2.09. The number of aromatic nitrogens is 1. The van der Waals surface area contributed by atoms with Crippen molar-refractivity contribution in [1.82, 2.24) is 4.98 Å². The van der Waals surface area contributed by atoms with Crippen molar-refractivity contribution in [2.45, 2.75) is 24.6 Å². The van der Waals surface area contributed by atoms with Crippen LogP contribution >= 0.6 is 23.1 Å². The number of nitrogens with zero attached hydrogens (tertiary/aromatic N) is 1. The molecule has 2 N–H and O–H groups in total. The van der Waals surface area contributed by atoms with Crippen LogP contribution in [0.3, 0.4) is 0 Å². The Morgan fingerprint density at radius 2 is 2.53 bits per heavy atom. The molecule has 1 saturated heterocycles. The van der Waals surface area contributed by atoms with E-state index in [1.165, 1.54) is 5.01 Å².